The molecule has 10 heteroatoms. The van der Waals surface area contributed by atoms with Crippen LogP contribution in [0.2, 0.25) is 0 Å². The van der Waals surface area contributed by atoms with Gasteiger partial charge in [0.05, 0.1) is 19.1 Å². The predicted octanol–water partition coefficient (Wildman–Crippen LogP) is 4.34. The van der Waals surface area contributed by atoms with Gasteiger partial charge >= 0.3 is 5.97 Å². The van der Waals surface area contributed by atoms with Gasteiger partial charge in [0.2, 0.25) is 15.9 Å². The first-order chi connectivity index (χ1) is 17.3. The Morgan fingerprint density at radius 3 is 2.22 bits per heavy atom. The lowest BCUT2D eigenvalue weighted by molar-refractivity contribution is -0.129. The number of benzene rings is 2. The Morgan fingerprint density at radius 2 is 1.58 bits per heavy atom. The summed E-state index contributed by atoms with van der Waals surface area (Å²) in [6.45, 7) is 4.40. The number of carbonyl (C=O) groups excluding carboxylic acids is 1. The fraction of sp³-hybridized carbons (Fsp3) is 0.231. The zero-order chi connectivity index (χ0) is 25.9. The number of rotatable bonds is 9. The Morgan fingerprint density at radius 1 is 0.917 bits per heavy atom. The van der Waals surface area contributed by atoms with Crippen LogP contribution in [0, 0.1) is 0 Å². The minimum Gasteiger partial charge on any atom is -0.493 e. The number of hydrogen-bond acceptors (Lipinski definition) is 8. The molecule has 0 atom stereocenters. The highest BCUT2D eigenvalue weighted by Gasteiger charge is 2.26. The molecule has 188 valence electrons. The van der Waals surface area contributed by atoms with Crippen LogP contribution in [0.15, 0.2) is 74.6 Å². The summed E-state index contributed by atoms with van der Waals surface area (Å²) in [6.07, 6.45) is 1.48. The van der Waals surface area contributed by atoms with Gasteiger partial charge in [0, 0.05) is 30.3 Å². The average Bonchev–Trinajstić information content (AvgIpc) is 3.51. The molecule has 2 aromatic carbocycles. The fourth-order valence-electron chi connectivity index (χ4n) is 3.73. The molecule has 0 N–H and O–H groups in total. The maximum absolute atomic E-state index is 12.7. The predicted molar refractivity (Wildman–Crippen MR) is 134 cm³/mol. The number of hydrogen-bond donors (Lipinski definition) is 0. The van der Waals surface area contributed by atoms with Crippen molar-refractivity contribution in [1.82, 2.24) is 4.31 Å². The Hall–Kier alpha value is -3.89. The summed E-state index contributed by atoms with van der Waals surface area (Å²) in [5, 5.41) is 0. The van der Waals surface area contributed by atoms with Crippen LogP contribution in [0.25, 0.3) is 17.4 Å². The second-order valence-electron chi connectivity index (χ2n) is 7.72. The number of sulfonamides is 1. The third-order valence-corrected chi connectivity index (χ3v) is 7.70. The zero-order valence-electron chi connectivity index (χ0n) is 20.3. The van der Waals surface area contributed by atoms with Gasteiger partial charge in [0.25, 0.3) is 0 Å². The standard InChI is InChI=1S/C26H26N2O7S/c1-5-28(6-2)36(30,31)20-11-7-17(8-12-20)22-14-10-19(34-22)16-21-26(29)35-25(27-21)18-9-13-23(32-3)24(15-18)33-4/h7-16H,5-6H2,1-4H3. The molecule has 0 fully saturated rings. The summed E-state index contributed by atoms with van der Waals surface area (Å²) in [5.41, 5.74) is 1.34. The molecular weight excluding hydrogens is 484 g/mol. The van der Waals surface area contributed by atoms with Gasteiger partial charge in [-0.3, -0.25) is 0 Å². The molecule has 0 saturated heterocycles. The summed E-state index contributed by atoms with van der Waals surface area (Å²) in [5.74, 6) is 1.48. The van der Waals surface area contributed by atoms with E-state index in [0.717, 1.165) is 0 Å². The van der Waals surface area contributed by atoms with Crippen molar-refractivity contribution in [1.29, 1.82) is 0 Å². The van der Waals surface area contributed by atoms with Crippen molar-refractivity contribution in [3.05, 3.63) is 71.6 Å². The molecule has 1 aromatic heterocycles. The van der Waals surface area contributed by atoms with Crippen LogP contribution in [0.4, 0.5) is 0 Å². The number of nitrogens with zero attached hydrogens (tertiary/aromatic N) is 2. The van der Waals surface area contributed by atoms with Crippen LogP contribution in [-0.2, 0) is 19.6 Å². The second-order valence-corrected chi connectivity index (χ2v) is 9.66. The molecule has 4 rings (SSSR count). The van der Waals surface area contributed by atoms with E-state index < -0.39 is 16.0 Å². The first kappa shape index (κ1) is 25.2. The lowest BCUT2D eigenvalue weighted by Gasteiger charge is -2.18. The topological polar surface area (TPSA) is 108 Å². The van der Waals surface area contributed by atoms with E-state index in [-0.39, 0.29) is 16.5 Å². The smallest absolute Gasteiger partial charge is 0.363 e. The van der Waals surface area contributed by atoms with Crippen LogP contribution < -0.4 is 9.47 Å². The van der Waals surface area contributed by atoms with Crippen molar-refractivity contribution < 1.29 is 31.8 Å². The van der Waals surface area contributed by atoms with Crippen LogP contribution in [0.3, 0.4) is 0 Å². The highest BCUT2D eigenvalue weighted by molar-refractivity contribution is 7.89. The molecular formula is C26H26N2O7S. The van der Waals surface area contributed by atoms with E-state index in [1.54, 1.807) is 68.4 Å². The fourth-order valence-corrected chi connectivity index (χ4v) is 5.18. The third-order valence-electron chi connectivity index (χ3n) is 5.64. The molecule has 1 aliphatic rings. The van der Waals surface area contributed by atoms with E-state index in [1.807, 2.05) is 0 Å². The zero-order valence-corrected chi connectivity index (χ0v) is 21.2. The van der Waals surface area contributed by atoms with Crippen LogP contribution >= 0.6 is 0 Å². The van der Waals surface area contributed by atoms with Gasteiger partial charge in [0.1, 0.15) is 11.5 Å². The lowest BCUT2D eigenvalue weighted by atomic mass is 10.2. The minimum absolute atomic E-state index is 0.0846. The quantitative estimate of drug-likeness (QED) is 0.311. The van der Waals surface area contributed by atoms with Gasteiger partial charge in [-0.2, -0.15) is 4.31 Å². The molecule has 0 unspecified atom stereocenters. The number of methoxy groups -OCH3 is 2. The van der Waals surface area contributed by atoms with Gasteiger partial charge in [-0.15, -0.1) is 0 Å². The number of carbonyl (C=O) groups is 1. The monoisotopic (exact) mass is 510 g/mol. The number of cyclic esters (lactones) is 1. The van der Waals surface area contributed by atoms with Gasteiger partial charge < -0.3 is 18.6 Å². The Labute approximate surface area is 209 Å². The Balaban J connectivity index is 1.56. The number of ether oxygens (including phenoxy) is 3. The maximum Gasteiger partial charge on any atom is 0.363 e. The Kier molecular flexibility index (Phi) is 7.27. The van der Waals surface area contributed by atoms with E-state index in [4.69, 9.17) is 18.6 Å². The summed E-state index contributed by atoms with van der Waals surface area (Å²) in [7, 11) is -0.493. The largest absolute Gasteiger partial charge is 0.493 e. The summed E-state index contributed by atoms with van der Waals surface area (Å²) < 4.78 is 48.5. The van der Waals surface area contributed by atoms with Crippen LogP contribution in [-0.4, -0.2) is 51.9 Å². The summed E-state index contributed by atoms with van der Waals surface area (Å²) >= 11 is 0. The first-order valence-electron chi connectivity index (χ1n) is 11.3. The maximum atomic E-state index is 12.7. The average molecular weight is 511 g/mol. The van der Waals surface area contributed by atoms with Gasteiger partial charge in [-0.25, -0.2) is 18.2 Å². The number of esters is 1. The highest BCUT2D eigenvalue weighted by Crippen LogP contribution is 2.30. The van der Waals surface area contributed by atoms with Gasteiger partial charge in [-0.05, 0) is 54.6 Å². The van der Waals surface area contributed by atoms with E-state index in [0.29, 0.717) is 47.2 Å². The van der Waals surface area contributed by atoms with Gasteiger partial charge in [0.15, 0.2) is 17.2 Å². The molecule has 36 heavy (non-hydrogen) atoms. The van der Waals surface area contributed by atoms with E-state index >= 15 is 0 Å². The van der Waals surface area contributed by atoms with Crippen molar-refractivity contribution >= 4 is 28.0 Å². The molecule has 0 amide bonds. The lowest BCUT2D eigenvalue weighted by Crippen LogP contribution is -2.30. The molecule has 0 bridgehead atoms. The van der Waals surface area contributed by atoms with E-state index in [1.165, 1.54) is 24.6 Å². The second kappa shape index (κ2) is 10.4. The molecule has 0 saturated carbocycles. The normalized spacial score (nSPS) is 14.8. The molecule has 0 radical (unpaired) electrons. The number of furan rings is 1. The van der Waals surface area contributed by atoms with Crippen molar-refractivity contribution in [2.75, 3.05) is 27.3 Å². The molecule has 9 nitrogen and oxygen atoms in total. The van der Waals surface area contributed by atoms with E-state index in [9.17, 15) is 13.2 Å². The molecule has 0 spiro atoms. The van der Waals surface area contributed by atoms with Crippen molar-refractivity contribution in [2.45, 2.75) is 18.7 Å². The van der Waals surface area contributed by atoms with Crippen molar-refractivity contribution in [3.63, 3.8) is 0 Å². The highest BCUT2D eigenvalue weighted by atomic mass is 32.2. The Bertz CT molecular complexity index is 1430. The first-order valence-corrected chi connectivity index (χ1v) is 12.7. The summed E-state index contributed by atoms with van der Waals surface area (Å²) in [4.78, 5) is 16.9. The van der Waals surface area contributed by atoms with Crippen molar-refractivity contribution in [2.24, 2.45) is 4.99 Å². The van der Waals surface area contributed by atoms with Gasteiger partial charge in [-0.1, -0.05) is 13.8 Å². The SMILES string of the molecule is CCN(CC)S(=O)(=O)c1ccc(-c2ccc(C=C3N=C(c4ccc(OC)c(OC)c4)OC3=O)o2)cc1. The van der Waals surface area contributed by atoms with Crippen LogP contribution in [0.5, 0.6) is 11.5 Å². The molecule has 3 aromatic rings. The van der Waals surface area contributed by atoms with E-state index in [2.05, 4.69) is 4.99 Å². The molecule has 0 aliphatic carbocycles. The molecule has 2 heterocycles. The van der Waals surface area contributed by atoms with Crippen molar-refractivity contribution in [3.8, 4) is 22.8 Å². The third kappa shape index (κ3) is 4.91. The minimum atomic E-state index is -3.54. The number of aliphatic imine (C=N–C) groups is 1. The summed E-state index contributed by atoms with van der Waals surface area (Å²) in [6, 6.07) is 15.0. The molecule has 1 aliphatic heterocycles. The van der Waals surface area contributed by atoms with Crippen LogP contribution in [0.1, 0.15) is 25.2 Å².